The van der Waals surface area contributed by atoms with Crippen molar-refractivity contribution in [2.24, 2.45) is 5.73 Å². The minimum absolute atomic E-state index is 0.176. The van der Waals surface area contributed by atoms with E-state index in [1.54, 1.807) is 12.1 Å². The first-order chi connectivity index (χ1) is 7.10. The van der Waals surface area contributed by atoms with Gasteiger partial charge >= 0.3 is 0 Å². The van der Waals surface area contributed by atoms with Crippen molar-refractivity contribution in [2.75, 3.05) is 20.2 Å². The first kappa shape index (κ1) is 12.0. The predicted molar refractivity (Wildman–Crippen MR) is 57.2 cm³/mol. The number of ether oxygens (including phenoxy) is 1. The fourth-order valence-electron chi connectivity index (χ4n) is 1.04. The van der Waals surface area contributed by atoms with Crippen LogP contribution in [0, 0.1) is 0 Å². The molecule has 0 unspecified atom stereocenters. The van der Waals surface area contributed by atoms with E-state index >= 15 is 0 Å². The van der Waals surface area contributed by atoms with Gasteiger partial charge in [-0.3, -0.25) is 0 Å². The number of sulfonamides is 1. The third-order valence-corrected chi connectivity index (χ3v) is 3.25. The lowest BCUT2D eigenvalue weighted by atomic mass is 10.3. The number of rotatable bonds is 5. The maximum Gasteiger partial charge on any atom is 0.240 e. The highest BCUT2D eigenvalue weighted by Crippen LogP contribution is 2.16. The molecule has 0 aliphatic carbocycles. The van der Waals surface area contributed by atoms with Gasteiger partial charge in [0.2, 0.25) is 10.0 Å². The topological polar surface area (TPSA) is 81.4 Å². The third-order valence-electron chi connectivity index (χ3n) is 1.79. The lowest BCUT2D eigenvalue weighted by Crippen LogP contribution is -2.29. The highest BCUT2D eigenvalue weighted by Gasteiger charge is 2.13. The number of hydrogen-bond donors (Lipinski definition) is 2. The molecule has 15 heavy (non-hydrogen) atoms. The van der Waals surface area contributed by atoms with Crippen molar-refractivity contribution in [2.45, 2.75) is 4.90 Å². The van der Waals surface area contributed by atoms with Crippen molar-refractivity contribution >= 4 is 10.0 Å². The van der Waals surface area contributed by atoms with E-state index in [-0.39, 0.29) is 18.0 Å². The summed E-state index contributed by atoms with van der Waals surface area (Å²) >= 11 is 0. The Morgan fingerprint density at radius 3 is 2.80 bits per heavy atom. The summed E-state index contributed by atoms with van der Waals surface area (Å²) in [5, 5.41) is 0. The summed E-state index contributed by atoms with van der Waals surface area (Å²) in [4.78, 5) is 0.176. The first-order valence-electron chi connectivity index (χ1n) is 4.44. The van der Waals surface area contributed by atoms with Crippen LogP contribution < -0.4 is 15.2 Å². The van der Waals surface area contributed by atoms with Crippen molar-refractivity contribution in [3.05, 3.63) is 24.3 Å². The molecule has 1 aromatic carbocycles. The van der Waals surface area contributed by atoms with Crippen LogP contribution in [0.25, 0.3) is 0 Å². The molecule has 6 heteroatoms. The summed E-state index contributed by atoms with van der Waals surface area (Å²) in [5.74, 6) is 0.505. The molecule has 3 N–H and O–H groups in total. The minimum Gasteiger partial charge on any atom is -0.497 e. The Kier molecular flexibility index (Phi) is 4.07. The zero-order chi connectivity index (χ0) is 11.3. The average Bonchev–Trinajstić information content (AvgIpc) is 2.26. The van der Waals surface area contributed by atoms with E-state index in [4.69, 9.17) is 10.5 Å². The quantitative estimate of drug-likeness (QED) is 0.742. The molecule has 0 aliphatic rings. The zero-order valence-corrected chi connectivity index (χ0v) is 9.25. The van der Waals surface area contributed by atoms with Gasteiger partial charge in [-0.25, -0.2) is 13.1 Å². The second kappa shape index (κ2) is 5.11. The molecule has 0 fully saturated rings. The molecular formula is C9H14N2O3S. The van der Waals surface area contributed by atoms with Gasteiger partial charge in [0.25, 0.3) is 0 Å². The van der Waals surface area contributed by atoms with E-state index in [1.807, 2.05) is 0 Å². The highest BCUT2D eigenvalue weighted by molar-refractivity contribution is 7.89. The van der Waals surface area contributed by atoms with Gasteiger partial charge in [-0.2, -0.15) is 0 Å². The Balaban J connectivity index is 2.94. The van der Waals surface area contributed by atoms with E-state index < -0.39 is 10.0 Å². The maximum absolute atomic E-state index is 11.6. The Bertz CT molecular complexity index is 417. The largest absolute Gasteiger partial charge is 0.497 e. The Morgan fingerprint density at radius 2 is 2.20 bits per heavy atom. The minimum atomic E-state index is -3.47. The van der Waals surface area contributed by atoms with Gasteiger partial charge in [0, 0.05) is 19.2 Å². The van der Waals surface area contributed by atoms with Crippen LogP contribution in [0.4, 0.5) is 0 Å². The summed E-state index contributed by atoms with van der Waals surface area (Å²) in [6.45, 7) is 0.489. The van der Waals surface area contributed by atoms with E-state index in [0.29, 0.717) is 5.75 Å². The van der Waals surface area contributed by atoms with E-state index in [9.17, 15) is 8.42 Å². The molecule has 0 saturated carbocycles. The standard InChI is InChI=1S/C9H14N2O3S/c1-14-8-3-2-4-9(7-8)15(12,13)11-6-5-10/h2-4,7,11H,5-6,10H2,1H3. The summed E-state index contributed by atoms with van der Waals surface area (Å²) < 4.78 is 30.6. The maximum atomic E-state index is 11.6. The summed E-state index contributed by atoms with van der Waals surface area (Å²) in [6, 6.07) is 6.26. The van der Waals surface area contributed by atoms with Gasteiger partial charge in [0.1, 0.15) is 5.75 Å². The van der Waals surface area contributed by atoms with Gasteiger partial charge in [-0.1, -0.05) is 6.07 Å². The molecule has 5 nitrogen and oxygen atoms in total. The molecule has 0 bridgehead atoms. The Hall–Kier alpha value is -1.11. The SMILES string of the molecule is COc1cccc(S(=O)(=O)NCCN)c1. The van der Waals surface area contributed by atoms with Gasteiger partial charge in [0.05, 0.1) is 12.0 Å². The number of nitrogens with two attached hydrogens (primary N) is 1. The molecule has 0 saturated heterocycles. The van der Waals surface area contributed by atoms with Crippen molar-refractivity contribution in [1.82, 2.24) is 4.72 Å². The number of methoxy groups -OCH3 is 1. The summed E-state index contributed by atoms with van der Waals surface area (Å²) in [7, 11) is -1.98. The van der Waals surface area contributed by atoms with E-state index in [2.05, 4.69) is 4.72 Å². The van der Waals surface area contributed by atoms with Crippen LogP contribution >= 0.6 is 0 Å². The highest BCUT2D eigenvalue weighted by atomic mass is 32.2. The average molecular weight is 230 g/mol. The van der Waals surface area contributed by atoms with E-state index in [1.165, 1.54) is 19.2 Å². The molecule has 0 aliphatic heterocycles. The van der Waals surface area contributed by atoms with Crippen molar-refractivity contribution < 1.29 is 13.2 Å². The molecule has 0 aromatic heterocycles. The molecule has 84 valence electrons. The molecule has 0 heterocycles. The van der Waals surface area contributed by atoms with Gasteiger partial charge in [-0.05, 0) is 12.1 Å². The van der Waals surface area contributed by atoms with Crippen LogP contribution in [0.1, 0.15) is 0 Å². The molecule has 0 radical (unpaired) electrons. The normalized spacial score (nSPS) is 11.3. The van der Waals surface area contributed by atoms with Crippen LogP contribution in [0.3, 0.4) is 0 Å². The second-order valence-electron chi connectivity index (χ2n) is 2.87. The van der Waals surface area contributed by atoms with Crippen molar-refractivity contribution in [3.8, 4) is 5.75 Å². The van der Waals surface area contributed by atoms with Crippen molar-refractivity contribution in [3.63, 3.8) is 0 Å². The predicted octanol–water partition coefficient (Wildman–Crippen LogP) is -0.0678. The summed E-state index contributed by atoms with van der Waals surface area (Å²) in [6.07, 6.45) is 0. The van der Waals surface area contributed by atoms with E-state index in [0.717, 1.165) is 0 Å². The molecule has 1 aromatic rings. The monoisotopic (exact) mass is 230 g/mol. The first-order valence-corrected chi connectivity index (χ1v) is 5.92. The van der Waals surface area contributed by atoms with Crippen LogP contribution in [-0.4, -0.2) is 28.6 Å². The lowest BCUT2D eigenvalue weighted by molar-refractivity contribution is 0.413. The fraction of sp³-hybridized carbons (Fsp3) is 0.333. The van der Waals surface area contributed by atoms with Crippen LogP contribution in [0.2, 0.25) is 0 Å². The zero-order valence-electron chi connectivity index (χ0n) is 8.43. The third kappa shape index (κ3) is 3.19. The van der Waals surface area contributed by atoms with Crippen LogP contribution in [-0.2, 0) is 10.0 Å². The number of nitrogens with one attached hydrogen (secondary N) is 1. The lowest BCUT2D eigenvalue weighted by Gasteiger charge is -2.06. The summed E-state index contributed by atoms with van der Waals surface area (Å²) in [5.41, 5.74) is 5.22. The van der Waals surface area contributed by atoms with Gasteiger partial charge in [-0.15, -0.1) is 0 Å². The smallest absolute Gasteiger partial charge is 0.240 e. The molecule has 0 spiro atoms. The van der Waals surface area contributed by atoms with Gasteiger partial charge < -0.3 is 10.5 Å². The molecule has 0 atom stereocenters. The number of hydrogen-bond acceptors (Lipinski definition) is 4. The van der Waals surface area contributed by atoms with Crippen LogP contribution in [0.5, 0.6) is 5.75 Å². The molecular weight excluding hydrogens is 216 g/mol. The van der Waals surface area contributed by atoms with Crippen LogP contribution in [0.15, 0.2) is 29.2 Å². The van der Waals surface area contributed by atoms with Crippen molar-refractivity contribution in [1.29, 1.82) is 0 Å². The Labute approximate surface area is 89.3 Å². The van der Waals surface area contributed by atoms with Gasteiger partial charge in [0.15, 0.2) is 0 Å². The second-order valence-corrected chi connectivity index (χ2v) is 4.63. The molecule has 1 rings (SSSR count). The number of benzene rings is 1. The Morgan fingerprint density at radius 1 is 1.47 bits per heavy atom. The fourth-order valence-corrected chi connectivity index (χ4v) is 2.13. The molecule has 0 amide bonds.